The van der Waals surface area contributed by atoms with Gasteiger partial charge in [0.25, 0.3) is 0 Å². The molecule has 114 valence electrons. The van der Waals surface area contributed by atoms with Crippen LogP contribution >= 0.6 is 11.8 Å². The Labute approximate surface area is 132 Å². The maximum atomic E-state index is 4.84. The van der Waals surface area contributed by atoms with E-state index in [1.807, 2.05) is 11.8 Å². The van der Waals surface area contributed by atoms with Crippen LogP contribution < -0.4 is 5.32 Å². The first-order chi connectivity index (χ1) is 10.2. The summed E-state index contributed by atoms with van der Waals surface area (Å²) in [6.07, 6.45) is 5.35. The van der Waals surface area contributed by atoms with Gasteiger partial charge in [0.2, 0.25) is 0 Å². The van der Waals surface area contributed by atoms with E-state index in [-0.39, 0.29) is 0 Å². The Kier molecular flexibility index (Phi) is 4.58. The van der Waals surface area contributed by atoms with Crippen LogP contribution in [0, 0.1) is 5.92 Å². The van der Waals surface area contributed by atoms with Crippen molar-refractivity contribution in [1.82, 2.24) is 5.32 Å². The molecule has 3 rings (SSSR count). The van der Waals surface area contributed by atoms with Crippen LogP contribution in [0.1, 0.15) is 51.0 Å². The van der Waals surface area contributed by atoms with E-state index in [0.717, 1.165) is 12.5 Å². The van der Waals surface area contributed by atoms with Crippen LogP contribution in [0.2, 0.25) is 0 Å². The van der Waals surface area contributed by atoms with Crippen molar-refractivity contribution in [1.29, 1.82) is 0 Å². The fraction of sp³-hybridized carbons (Fsp3) is 0.611. The van der Waals surface area contributed by atoms with Gasteiger partial charge in [0, 0.05) is 23.8 Å². The van der Waals surface area contributed by atoms with Crippen LogP contribution in [-0.2, 0) is 0 Å². The molecule has 0 radical (unpaired) electrons. The molecule has 1 aliphatic carbocycles. The molecule has 0 aromatic heterocycles. The average molecular weight is 302 g/mol. The molecule has 1 N–H and O–H groups in total. The Bertz CT molecular complexity index is 489. The summed E-state index contributed by atoms with van der Waals surface area (Å²) >= 11 is 1.93. The first-order valence-corrected chi connectivity index (χ1v) is 9.16. The van der Waals surface area contributed by atoms with Gasteiger partial charge in [-0.1, -0.05) is 55.9 Å². The van der Waals surface area contributed by atoms with Crippen molar-refractivity contribution in [3.8, 4) is 0 Å². The summed E-state index contributed by atoms with van der Waals surface area (Å²) in [4.78, 5) is 4.84. The normalized spacial score (nSPS) is 32.3. The zero-order valence-electron chi connectivity index (χ0n) is 13.1. The monoisotopic (exact) mass is 302 g/mol. The summed E-state index contributed by atoms with van der Waals surface area (Å²) in [5.41, 5.74) is 1.73. The quantitative estimate of drug-likeness (QED) is 0.893. The van der Waals surface area contributed by atoms with Gasteiger partial charge in [0.15, 0.2) is 5.17 Å². The van der Waals surface area contributed by atoms with Crippen molar-refractivity contribution >= 4 is 16.9 Å². The molecule has 1 aromatic carbocycles. The highest BCUT2D eigenvalue weighted by Gasteiger charge is 2.39. The van der Waals surface area contributed by atoms with Crippen LogP contribution in [0.3, 0.4) is 0 Å². The standard InChI is InChI=1S/C18H26N2S/c1-14-8-10-18(11-9-14)13-21-17(20-18)19-12-15(2)16-6-4-3-5-7-16/h3-7,14-15H,8-13H2,1-2H3,(H,19,20). The zero-order chi connectivity index (χ0) is 14.7. The molecule has 2 aliphatic rings. The Morgan fingerprint density at radius 2 is 2.00 bits per heavy atom. The fourth-order valence-corrected chi connectivity index (χ4v) is 4.51. The SMILES string of the molecule is CC1CCC2(CC1)CSC(=NCC(C)c1ccccc1)N2. The molecular formula is C18H26N2S. The number of hydrogen-bond donors (Lipinski definition) is 1. The maximum Gasteiger partial charge on any atom is 0.157 e. The molecule has 1 spiro atoms. The molecule has 0 amide bonds. The molecule has 2 fully saturated rings. The topological polar surface area (TPSA) is 24.4 Å². The first-order valence-electron chi connectivity index (χ1n) is 8.17. The highest BCUT2D eigenvalue weighted by Crippen LogP contribution is 2.38. The number of rotatable bonds is 3. The van der Waals surface area contributed by atoms with Gasteiger partial charge in [-0.05, 0) is 37.2 Å². The van der Waals surface area contributed by atoms with Gasteiger partial charge in [-0.25, -0.2) is 0 Å². The predicted molar refractivity (Wildman–Crippen MR) is 93.1 cm³/mol. The molecule has 1 saturated carbocycles. The molecule has 1 heterocycles. The number of thioether (sulfide) groups is 1. The molecule has 0 bridgehead atoms. The highest BCUT2D eigenvalue weighted by molar-refractivity contribution is 8.14. The van der Waals surface area contributed by atoms with E-state index in [1.54, 1.807) is 0 Å². The van der Waals surface area contributed by atoms with Crippen LogP contribution in [0.5, 0.6) is 0 Å². The van der Waals surface area contributed by atoms with Crippen LogP contribution in [0.15, 0.2) is 35.3 Å². The van der Waals surface area contributed by atoms with E-state index >= 15 is 0 Å². The zero-order valence-corrected chi connectivity index (χ0v) is 14.0. The fourth-order valence-electron chi connectivity index (χ4n) is 3.28. The van der Waals surface area contributed by atoms with E-state index in [0.29, 0.717) is 11.5 Å². The van der Waals surface area contributed by atoms with E-state index in [4.69, 9.17) is 4.99 Å². The third kappa shape index (κ3) is 3.63. The third-order valence-corrected chi connectivity index (χ3v) is 6.17. The summed E-state index contributed by atoms with van der Waals surface area (Å²) in [6.45, 7) is 5.52. The number of nitrogens with one attached hydrogen (secondary N) is 1. The van der Waals surface area contributed by atoms with Crippen molar-refractivity contribution < 1.29 is 0 Å². The van der Waals surface area contributed by atoms with Crippen molar-refractivity contribution in [3.63, 3.8) is 0 Å². The predicted octanol–water partition coefficient (Wildman–Crippen LogP) is 4.43. The first kappa shape index (κ1) is 15.0. The number of hydrogen-bond acceptors (Lipinski definition) is 2. The van der Waals surface area contributed by atoms with Crippen molar-refractivity contribution in [3.05, 3.63) is 35.9 Å². The number of benzene rings is 1. The van der Waals surface area contributed by atoms with E-state index in [2.05, 4.69) is 49.5 Å². The molecule has 1 unspecified atom stereocenters. The number of amidine groups is 1. The number of aliphatic imine (C=N–C) groups is 1. The summed E-state index contributed by atoms with van der Waals surface area (Å²) in [5, 5.41) is 4.92. The molecule has 2 nitrogen and oxygen atoms in total. The maximum absolute atomic E-state index is 4.84. The molecule has 1 saturated heterocycles. The van der Waals surface area contributed by atoms with E-state index < -0.39 is 0 Å². The minimum Gasteiger partial charge on any atom is -0.359 e. The molecule has 1 aliphatic heterocycles. The third-order valence-electron chi connectivity index (χ3n) is 4.97. The van der Waals surface area contributed by atoms with Gasteiger partial charge >= 0.3 is 0 Å². The Morgan fingerprint density at radius 1 is 1.29 bits per heavy atom. The lowest BCUT2D eigenvalue weighted by Gasteiger charge is -2.35. The minimum atomic E-state index is 0.353. The molecular weight excluding hydrogens is 276 g/mol. The van der Waals surface area contributed by atoms with Crippen molar-refractivity contribution in [2.45, 2.75) is 51.0 Å². The average Bonchev–Trinajstić information content (AvgIpc) is 2.92. The number of nitrogens with zero attached hydrogens (tertiary/aromatic N) is 1. The Balaban J connectivity index is 1.56. The van der Waals surface area contributed by atoms with E-state index in [9.17, 15) is 0 Å². The second kappa shape index (κ2) is 6.43. The molecule has 1 aromatic rings. The van der Waals surface area contributed by atoms with Crippen LogP contribution in [-0.4, -0.2) is 23.0 Å². The van der Waals surface area contributed by atoms with Crippen LogP contribution in [0.25, 0.3) is 0 Å². The van der Waals surface area contributed by atoms with Gasteiger partial charge in [-0.3, -0.25) is 4.99 Å². The second-order valence-electron chi connectivity index (χ2n) is 6.83. The van der Waals surface area contributed by atoms with Gasteiger partial charge in [-0.2, -0.15) is 0 Å². The van der Waals surface area contributed by atoms with Gasteiger partial charge in [0.1, 0.15) is 0 Å². The van der Waals surface area contributed by atoms with Gasteiger partial charge in [0.05, 0.1) is 0 Å². The summed E-state index contributed by atoms with van der Waals surface area (Å²) in [7, 11) is 0. The smallest absolute Gasteiger partial charge is 0.157 e. The summed E-state index contributed by atoms with van der Waals surface area (Å²) < 4.78 is 0. The van der Waals surface area contributed by atoms with Gasteiger partial charge < -0.3 is 5.32 Å². The lowest BCUT2D eigenvalue weighted by atomic mass is 9.78. The van der Waals surface area contributed by atoms with Crippen LogP contribution in [0.4, 0.5) is 0 Å². The Morgan fingerprint density at radius 3 is 2.71 bits per heavy atom. The highest BCUT2D eigenvalue weighted by atomic mass is 32.2. The largest absolute Gasteiger partial charge is 0.359 e. The van der Waals surface area contributed by atoms with Crippen molar-refractivity contribution in [2.75, 3.05) is 12.3 Å². The Hall–Kier alpha value is -0.960. The van der Waals surface area contributed by atoms with Gasteiger partial charge in [-0.15, -0.1) is 0 Å². The summed E-state index contributed by atoms with van der Waals surface area (Å²) in [5.74, 6) is 2.60. The minimum absolute atomic E-state index is 0.353. The molecule has 1 atom stereocenters. The molecule has 3 heteroatoms. The van der Waals surface area contributed by atoms with Crippen molar-refractivity contribution in [2.24, 2.45) is 10.9 Å². The second-order valence-corrected chi connectivity index (χ2v) is 7.80. The molecule has 21 heavy (non-hydrogen) atoms. The summed E-state index contributed by atoms with van der Waals surface area (Å²) in [6, 6.07) is 10.7. The lowest BCUT2D eigenvalue weighted by molar-refractivity contribution is 0.251. The lowest BCUT2D eigenvalue weighted by Crippen LogP contribution is -2.46. The van der Waals surface area contributed by atoms with E-state index in [1.165, 1.54) is 42.2 Å².